The van der Waals surface area contributed by atoms with Crippen molar-refractivity contribution in [1.82, 2.24) is 0 Å². The van der Waals surface area contributed by atoms with Crippen LogP contribution in [0.25, 0.3) is 11.1 Å². The molecule has 30 heavy (non-hydrogen) atoms. The van der Waals surface area contributed by atoms with Crippen LogP contribution in [-0.4, -0.2) is 24.6 Å². The van der Waals surface area contributed by atoms with Gasteiger partial charge in [0.2, 0.25) is 0 Å². The Morgan fingerprint density at radius 1 is 0.900 bits per heavy atom. The average Bonchev–Trinajstić information content (AvgIpc) is 2.79. The molecular formula is C25H25NO4. The number of anilines is 1. The summed E-state index contributed by atoms with van der Waals surface area (Å²) in [5.41, 5.74) is 3.72. The molecule has 0 radical (unpaired) electrons. The Morgan fingerprint density at radius 3 is 2.27 bits per heavy atom. The third kappa shape index (κ3) is 5.70. The number of benzene rings is 3. The molecule has 5 heteroatoms. The van der Waals surface area contributed by atoms with Crippen LogP contribution in [0.5, 0.6) is 5.75 Å². The highest BCUT2D eigenvalue weighted by atomic mass is 16.6. The molecule has 0 aromatic heterocycles. The number of aryl methyl sites for hydroxylation is 1. The minimum absolute atomic E-state index is 0.260. The minimum Gasteiger partial charge on any atom is -0.482 e. The summed E-state index contributed by atoms with van der Waals surface area (Å²) in [5.74, 6) is -0.425. The summed E-state index contributed by atoms with van der Waals surface area (Å²) in [6, 6.07) is 24.8. The number of carbonyl (C=O) groups excluding carboxylic acids is 2. The summed E-state index contributed by atoms with van der Waals surface area (Å²) in [5, 5.41) is 2.84. The van der Waals surface area contributed by atoms with Gasteiger partial charge >= 0.3 is 5.97 Å². The quantitative estimate of drug-likeness (QED) is 0.545. The normalized spacial score (nSPS) is 11.4. The van der Waals surface area contributed by atoms with Crippen LogP contribution in [0.3, 0.4) is 0 Å². The van der Waals surface area contributed by atoms with Crippen molar-refractivity contribution in [3.05, 3.63) is 84.4 Å². The maximum atomic E-state index is 12.5. The number of carbonyl (C=O) groups is 2. The highest BCUT2D eigenvalue weighted by Crippen LogP contribution is 2.27. The highest BCUT2D eigenvalue weighted by Gasteiger charge is 2.19. The van der Waals surface area contributed by atoms with E-state index in [0.717, 1.165) is 17.5 Å². The Kier molecular flexibility index (Phi) is 7.22. The molecule has 5 nitrogen and oxygen atoms in total. The molecule has 0 aliphatic heterocycles. The van der Waals surface area contributed by atoms with Gasteiger partial charge in [-0.05, 0) is 42.7 Å². The highest BCUT2D eigenvalue weighted by molar-refractivity contribution is 5.98. The van der Waals surface area contributed by atoms with E-state index in [-0.39, 0.29) is 6.61 Å². The number of ether oxygens (including phenoxy) is 2. The molecule has 3 aromatic carbocycles. The van der Waals surface area contributed by atoms with E-state index in [1.165, 1.54) is 12.5 Å². The third-order valence-corrected chi connectivity index (χ3v) is 4.64. The molecule has 0 fully saturated rings. The Morgan fingerprint density at radius 2 is 1.57 bits per heavy atom. The number of amides is 1. The minimum atomic E-state index is -0.951. The van der Waals surface area contributed by atoms with Gasteiger partial charge in [0.05, 0.1) is 0 Å². The molecule has 3 rings (SSSR count). The number of rotatable bonds is 8. The van der Waals surface area contributed by atoms with Crippen LogP contribution in [0, 0.1) is 0 Å². The van der Waals surface area contributed by atoms with Gasteiger partial charge in [0.25, 0.3) is 5.91 Å². The molecule has 1 N–H and O–H groups in total. The SMILES string of the molecule is CCc1ccc(OCC(=O)O[C@H](C)C(=O)Nc2ccccc2-c2ccccc2)cc1. The molecule has 1 amide bonds. The van der Waals surface area contributed by atoms with Crippen LogP contribution < -0.4 is 10.1 Å². The fourth-order valence-corrected chi connectivity index (χ4v) is 2.94. The van der Waals surface area contributed by atoms with Gasteiger partial charge in [-0.1, -0.05) is 67.6 Å². The van der Waals surface area contributed by atoms with Gasteiger partial charge in [0.15, 0.2) is 12.7 Å². The second kappa shape index (κ2) is 10.3. The van der Waals surface area contributed by atoms with E-state index in [1.54, 1.807) is 0 Å². The fourth-order valence-electron chi connectivity index (χ4n) is 2.94. The van der Waals surface area contributed by atoms with E-state index in [1.807, 2.05) is 78.9 Å². The predicted molar refractivity (Wildman–Crippen MR) is 117 cm³/mol. The first-order valence-corrected chi connectivity index (χ1v) is 9.93. The zero-order chi connectivity index (χ0) is 21.3. The zero-order valence-electron chi connectivity index (χ0n) is 17.1. The Labute approximate surface area is 176 Å². The van der Waals surface area contributed by atoms with Crippen molar-refractivity contribution in [1.29, 1.82) is 0 Å². The molecule has 0 saturated heterocycles. The van der Waals surface area contributed by atoms with Gasteiger partial charge in [-0.15, -0.1) is 0 Å². The number of hydrogen-bond donors (Lipinski definition) is 1. The van der Waals surface area contributed by atoms with Gasteiger partial charge in [-0.3, -0.25) is 4.79 Å². The monoisotopic (exact) mass is 403 g/mol. The maximum absolute atomic E-state index is 12.5. The van der Waals surface area contributed by atoms with Gasteiger partial charge in [-0.25, -0.2) is 4.79 Å². The Hall–Kier alpha value is -3.60. The predicted octanol–water partition coefficient (Wildman–Crippen LogP) is 4.87. The first-order valence-electron chi connectivity index (χ1n) is 9.93. The maximum Gasteiger partial charge on any atom is 0.344 e. The lowest BCUT2D eigenvalue weighted by Gasteiger charge is -2.16. The molecular weight excluding hydrogens is 378 g/mol. The lowest BCUT2D eigenvalue weighted by Crippen LogP contribution is -2.31. The smallest absolute Gasteiger partial charge is 0.344 e. The second-order valence-corrected chi connectivity index (χ2v) is 6.82. The summed E-state index contributed by atoms with van der Waals surface area (Å²) in [4.78, 5) is 24.6. The molecule has 0 bridgehead atoms. The van der Waals surface area contributed by atoms with E-state index in [9.17, 15) is 9.59 Å². The summed E-state index contributed by atoms with van der Waals surface area (Å²) in [6.07, 6.45) is -0.0186. The van der Waals surface area contributed by atoms with Crippen LogP contribution in [-0.2, 0) is 20.7 Å². The molecule has 3 aromatic rings. The zero-order valence-corrected chi connectivity index (χ0v) is 17.1. The van der Waals surface area contributed by atoms with Crippen LogP contribution >= 0.6 is 0 Å². The van der Waals surface area contributed by atoms with E-state index in [4.69, 9.17) is 9.47 Å². The third-order valence-electron chi connectivity index (χ3n) is 4.64. The van der Waals surface area contributed by atoms with Crippen molar-refractivity contribution in [3.63, 3.8) is 0 Å². The number of para-hydroxylation sites is 1. The van der Waals surface area contributed by atoms with Crippen LogP contribution in [0.4, 0.5) is 5.69 Å². The van der Waals surface area contributed by atoms with Crippen LogP contribution in [0.2, 0.25) is 0 Å². The molecule has 154 valence electrons. The number of hydrogen-bond acceptors (Lipinski definition) is 4. The van der Waals surface area contributed by atoms with Crippen LogP contribution in [0.1, 0.15) is 19.4 Å². The van der Waals surface area contributed by atoms with Gasteiger partial charge in [0.1, 0.15) is 5.75 Å². The number of esters is 1. The van der Waals surface area contributed by atoms with E-state index in [2.05, 4.69) is 12.2 Å². The molecule has 0 aliphatic carbocycles. The van der Waals surface area contributed by atoms with Crippen molar-refractivity contribution < 1.29 is 19.1 Å². The first kappa shape index (κ1) is 21.1. The molecule has 0 saturated carbocycles. The lowest BCUT2D eigenvalue weighted by atomic mass is 10.0. The fraction of sp³-hybridized carbons (Fsp3) is 0.200. The Balaban J connectivity index is 1.55. The van der Waals surface area contributed by atoms with E-state index >= 15 is 0 Å². The van der Waals surface area contributed by atoms with Gasteiger partial charge in [0, 0.05) is 11.3 Å². The summed E-state index contributed by atoms with van der Waals surface area (Å²) in [7, 11) is 0. The second-order valence-electron chi connectivity index (χ2n) is 6.82. The van der Waals surface area contributed by atoms with Crippen molar-refractivity contribution >= 4 is 17.6 Å². The summed E-state index contributed by atoms with van der Waals surface area (Å²) in [6.45, 7) is 3.34. The molecule has 1 atom stereocenters. The van der Waals surface area contributed by atoms with Gasteiger partial charge < -0.3 is 14.8 Å². The van der Waals surface area contributed by atoms with Crippen molar-refractivity contribution in [3.8, 4) is 16.9 Å². The standard InChI is InChI=1S/C25H25NO4/c1-3-19-13-15-21(16-14-19)29-17-24(27)30-18(2)25(28)26-23-12-8-7-11-22(23)20-9-5-4-6-10-20/h4-16,18H,3,17H2,1-2H3,(H,26,28)/t18-/m1/s1. The Bertz CT molecular complexity index is 984. The summed E-state index contributed by atoms with van der Waals surface area (Å²) < 4.78 is 10.7. The first-order chi connectivity index (χ1) is 14.6. The molecule has 0 aliphatic rings. The average molecular weight is 403 g/mol. The molecule has 0 spiro atoms. The topological polar surface area (TPSA) is 64.6 Å². The van der Waals surface area contributed by atoms with Crippen molar-refractivity contribution in [2.24, 2.45) is 0 Å². The van der Waals surface area contributed by atoms with Crippen LogP contribution in [0.15, 0.2) is 78.9 Å². The molecule has 0 unspecified atom stereocenters. The van der Waals surface area contributed by atoms with Crippen molar-refractivity contribution in [2.75, 3.05) is 11.9 Å². The van der Waals surface area contributed by atoms with Gasteiger partial charge in [-0.2, -0.15) is 0 Å². The van der Waals surface area contributed by atoms with Crippen molar-refractivity contribution in [2.45, 2.75) is 26.4 Å². The lowest BCUT2D eigenvalue weighted by molar-refractivity contribution is -0.155. The number of nitrogens with one attached hydrogen (secondary N) is 1. The summed E-state index contributed by atoms with van der Waals surface area (Å²) >= 11 is 0. The van der Waals surface area contributed by atoms with E-state index < -0.39 is 18.0 Å². The van der Waals surface area contributed by atoms with E-state index in [0.29, 0.717) is 11.4 Å². The molecule has 0 heterocycles. The largest absolute Gasteiger partial charge is 0.482 e.